The SMILES string of the molecule is [2H]C([2H])(N1CC[C@]23c4c5ccc(O)c4O[C@H]2[C@@]2(OC)CC[C@@]3(C[C@@H]2[C@](C)(O)C(C)(C)C)[C@H]1C5)C1([2H])C([2H])([2H])C1([2H])[2H]. The highest BCUT2D eigenvalue weighted by atomic mass is 16.6. The Morgan fingerprint density at radius 1 is 1.26 bits per heavy atom. The lowest BCUT2D eigenvalue weighted by atomic mass is 9.33. The molecule has 4 saturated carbocycles. The fourth-order valence-corrected chi connectivity index (χ4v) is 9.00. The highest BCUT2D eigenvalue weighted by molar-refractivity contribution is 5.63. The molecule has 4 bridgehead atoms. The second kappa shape index (κ2) is 6.33. The van der Waals surface area contributed by atoms with Crippen LogP contribution in [0.3, 0.4) is 0 Å². The molecule has 5 nitrogen and oxygen atoms in total. The Bertz CT molecular complexity index is 1350. The van der Waals surface area contributed by atoms with E-state index in [-0.39, 0.29) is 12.3 Å². The maximum absolute atomic E-state index is 12.3. The fraction of sp³-hybridized carbons (Fsp3) is 0.793. The molecule has 2 N–H and O–H groups in total. The van der Waals surface area contributed by atoms with Crippen LogP contribution in [0.25, 0.3) is 0 Å². The van der Waals surface area contributed by atoms with Crippen LogP contribution in [0.4, 0.5) is 0 Å². The van der Waals surface area contributed by atoms with E-state index in [9.17, 15) is 13.0 Å². The average Bonchev–Trinajstić information content (AvgIpc) is 3.12. The van der Waals surface area contributed by atoms with Gasteiger partial charge in [-0.3, -0.25) is 4.90 Å². The van der Waals surface area contributed by atoms with E-state index in [0.717, 1.165) is 11.1 Å². The van der Waals surface area contributed by atoms with Gasteiger partial charge in [-0.15, -0.1) is 0 Å². The van der Waals surface area contributed by atoms with Crippen molar-refractivity contribution in [2.24, 2.45) is 22.6 Å². The zero-order chi connectivity index (χ0) is 30.2. The molecule has 5 heteroatoms. The molecule has 2 spiro atoms. The van der Waals surface area contributed by atoms with Crippen molar-refractivity contribution in [2.45, 2.75) is 101 Å². The molecular weight excluding hydrogens is 426 g/mol. The topological polar surface area (TPSA) is 62.2 Å². The monoisotopic (exact) mass is 474 g/mol. The molecule has 0 unspecified atom stereocenters. The van der Waals surface area contributed by atoms with Crippen LogP contribution < -0.4 is 4.74 Å². The van der Waals surface area contributed by atoms with Gasteiger partial charge in [0.05, 0.1) is 5.60 Å². The van der Waals surface area contributed by atoms with Crippen molar-refractivity contribution in [3.05, 3.63) is 23.3 Å². The summed E-state index contributed by atoms with van der Waals surface area (Å²) in [6, 6.07) is 2.96. The van der Waals surface area contributed by atoms with Crippen LogP contribution in [0.5, 0.6) is 11.5 Å². The van der Waals surface area contributed by atoms with Crippen LogP contribution in [0.2, 0.25) is 0 Å². The molecule has 1 aromatic rings. The average molecular weight is 475 g/mol. The number of phenols is 1. The van der Waals surface area contributed by atoms with Gasteiger partial charge in [0.1, 0.15) is 11.7 Å². The van der Waals surface area contributed by atoms with E-state index in [0.29, 0.717) is 37.9 Å². The molecule has 2 aliphatic heterocycles. The molecule has 5 aliphatic carbocycles. The molecule has 7 aliphatic rings. The summed E-state index contributed by atoms with van der Waals surface area (Å²) in [5.41, 5.74) is -2.01. The quantitative estimate of drug-likeness (QED) is 0.677. The van der Waals surface area contributed by atoms with Gasteiger partial charge >= 0.3 is 0 Å². The molecular formula is C29H41NO4. The first-order chi connectivity index (χ1) is 18.7. The van der Waals surface area contributed by atoms with Crippen LogP contribution in [0.1, 0.15) is 86.8 Å². The first-order valence-electron chi connectivity index (χ1n) is 16.2. The van der Waals surface area contributed by atoms with E-state index < -0.39 is 70.6 Å². The number of phenolic OH excluding ortho intramolecular Hbond substituents is 1. The summed E-state index contributed by atoms with van der Waals surface area (Å²) in [5.74, 6) is -2.51. The number of likely N-dealkylation sites (tertiary alicyclic amines) is 1. The molecule has 1 saturated heterocycles. The lowest BCUT2D eigenvalue weighted by molar-refractivity contribution is -0.312. The summed E-state index contributed by atoms with van der Waals surface area (Å²) >= 11 is 0. The van der Waals surface area contributed by atoms with Crippen molar-refractivity contribution in [3.63, 3.8) is 0 Å². The third-order valence-corrected chi connectivity index (χ3v) is 11.1. The van der Waals surface area contributed by atoms with Crippen molar-refractivity contribution in [1.29, 1.82) is 0 Å². The Balaban J connectivity index is 1.47. The summed E-state index contributed by atoms with van der Waals surface area (Å²) in [6.07, 6.45) is -3.31. The molecule has 5 fully saturated rings. The molecule has 8 rings (SSSR count). The minimum absolute atomic E-state index is 0.0492. The maximum Gasteiger partial charge on any atom is 0.165 e. The molecule has 0 aromatic heterocycles. The van der Waals surface area contributed by atoms with Gasteiger partial charge in [-0.05, 0) is 81.3 Å². The van der Waals surface area contributed by atoms with Crippen LogP contribution in [0, 0.1) is 22.6 Å². The summed E-state index contributed by atoms with van der Waals surface area (Å²) in [4.78, 5) is 1.59. The first-order valence-corrected chi connectivity index (χ1v) is 12.7. The van der Waals surface area contributed by atoms with Crippen molar-refractivity contribution < 1.29 is 29.3 Å². The summed E-state index contributed by atoms with van der Waals surface area (Å²) in [7, 11) is 1.67. The number of methoxy groups -OCH3 is 1. The van der Waals surface area contributed by atoms with Gasteiger partial charge in [0.25, 0.3) is 0 Å². The minimum atomic E-state index is -2.65. The number of aliphatic hydroxyl groups is 1. The van der Waals surface area contributed by atoms with Crippen molar-refractivity contribution in [1.82, 2.24) is 4.90 Å². The molecule has 7 atom stereocenters. The third-order valence-electron chi connectivity index (χ3n) is 11.1. The van der Waals surface area contributed by atoms with Gasteiger partial charge in [0, 0.05) is 51.6 Å². The highest BCUT2D eigenvalue weighted by Crippen LogP contribution is 2.78. The lowest BCUT2D eigenvalue weighted by Crippen LogP contribution is -2.83. The van der Waals surface area contributed by atoms with E-state index in [2.05, 4.69) is 0 Å². The van der Waals surface area contributed by atoms with E-state index >= 15 is 0 Å². The van der Waals surface area contributed by atoms with E-state index in [4.69, 9.17) is 16.3 Å². The van der Waals surface area contributed by atoms with Crippen LogP contribution in [-0.4, -0.2) is 58.6 Å². The predicted octanol–water partition coefficient (Wildman–Crippen LogP) is 4.41. The number of fused-ring (bicyclic) bond motifs is 2. The van der Waals surface area contributed by atoms with Gasteiger partial charge in [-0.25, -0.2) is 0 Å². The molecule has 34 heavy (non-hydrogen) atoms. The van der Waals surface area contributed by atoms with Crippen molar-refractivity contribution in [3.8, 4) is 11.5 Å². The number of rotatable bonds is 4. The zero-order valence-electron chi connectivity index (χ0n) is 27.8. The van der Waals surface area contributed by atoms with Gasteiger partial charge in [0.2, 0.25) is 0 Å². The Hall–Kier alpha value is -1.30. The van der Waals surface area contributed by atoms with Gasteiger partial charge in [0.15, 0.2) is 11.5 Å². The highest BCUT2D eigenvalue weighted by Gasteiger charge is 2.82. The number of hydrogen-bond donors (Lipinski definition) is 2. The van der Waals surface area contributed by atoms with E-state index in [1.54, 1.807) is 18.1 Å². The van der Waals surface area contributed by atoms with Crippen molar-refractivity contribution in [2.75, 3.05) is 20.2 Å². The number of benzene rings is 1. The first kappa shape index (κ1) is 15.7. The summed E-state index contributed by atoms with van der Waals surface area (Å²) in [6.45, 7) is 5.40. The second-order valence-corrected chi connectivity index (χ2v) is 12.8. The second-order valence-electron chi connectivity index (χ2n) is 12.8. The third kappa shape index (κ3) is 2.25. The molecule has 0 radical (unpaired) electrons. The Morgan fingerprint density at radius 2 is 2.03 bits per heavy atom. The Labute approximate surface area is 213 Å². The minimum Gasteiger partial charge on any atom is -0.504 e. The van der Waals surface area contributed by atoms with Crippen LogP contribution in [-0.2, 0) is 16.6 Å². The number of hydrogen-bond acceptors (Lipinski definition) is 5. The molecule has 2 heterocycles. The Kier molecular flexibility index (Phi) is 2.93. The predicted molar refractivity (Wildman–Crippen MR) is 130 cm³/mol. The maximum atomic E-state index is 12.3. The lowest BCUT2D eigenvalue weighted by Gasteiger charge is -2.75. The Morgan fingerprint density at radius 3 is 2.71 bits per heavy atom. The summed E-state index contributed by atoms with van der Waals surface area (Å²) in [5, 5.41) is 23.3. The van der Waals surface area contributed by atoms with E-state index in [1.807, 2.05) is 33.8 Å². The number of aromatic hydroxyl groups is 1. The van der Waals surface area contributed by atoms with Crippen LogP contribution >= 0.6 is 0 Å². The largest absolute Gasteiger partial charge is 0.504 e. The number of ether oxygens (including phenoxy) is 2. The van der Waals surface area contributed by atoms with Gasteiger partial charge in [-0.2, -0.15) is 0 Å². The van der Waals surface area contributed by atoms with Crippen molar-refractivity contribution >= 4 is 0 Å². The van der Waals surface area contributed by atoms with E-state index in [1.165, 1.54) is 0 Å². The molecule has 0 amide bonds. The normalized spacial score (nSPS) is 51.2. The number of piperidine rings is 1. The fourth-order valence-electron chi connectivity index (χ4n) is 9.00. The van der Waals surface area contributed by atoms with Crippen LogP contribution in [0.15, 0.2) is 12.1 Å². The summed E-state index contributed by atoms with van der Waals surface area (Å²) < 4.78 is 73.8. The number of nitrogens with zero attached hydrogens (tertiary/aromatic N) is 1. The van der Waals surface area contributed by atoms with Gasteiger partial charge in [-0.1, -0.05) is 26.8 Å². The molecule has 1 aromatic carbocycles. The smallest absolute Gasteiger partial charge is 0.165 e. The molecule has 186 valence electrons. The van der Waals surface area contributed by atoms with Gasteiger partial charge < -0.3 is 19.7 Å². The standard InChI is InChI=1S/C29H41NO4/c1-25(2,3)26(4,32)20-15-27-10-11-29(20,33-5)24-28(27)12-13-30(16-17-6-7-17)21(27)14-18-8-9-19(31)23(34-24)22(18)28/h8-9,17,20-21,24,31-32H,6-7,10-16H2,1-5H3/t20-,21-,24-,26+,27-,28+,29-/m1/s1/i6D2,7D2,16D2,17D. The zero-order valence-corrected chi connectivity index (χ0v) is 20.8.